The van der Waals surface area contributed by atoms with Gasteiger partial charge in [-0.1, -0.05) is 60.7 Å². The molecule has 0 fully saturated rings. The highest BCUT2D eigenvalue weighted by Gasteiger charge is 2.11. The second-order valence-electron chi connectivity index (χ2n) is 6.37. The lowest BCUT2D eigenvalue weighted by Gasteiger charge is -2.14. The number of nitrogens with two attached hydrogens (primary N) is 2. The first-order valence-electron chi connectivity index (χ1n) is 9.15. The Kier molecular flexibility index (Phi) is 6.43. The minimum absolute atomic E-state index is 0.608. The zero-order valence-corrected chi connectivity index (χ0v) is 14.9. The summed E-state index contributed by atoms with van der Waals surface area (Å²) in [5, 5.41) is 7.20. The molecule has 25 heavy (non-hydrogen) atoms. The fourth-order valence-corrected chi connectivity index (χ4v) is 3.11. The van der Waals surface area contributed by atoms with Gasteiger partial charge in [0.1, 0.15) is 18.9 Å². The van der Waals surface area contributed by atoms with E-state index in [2.05, 4.69) is 78.3 Å². The minimum Gasteiger partial charge on any atom is -0.488 e. The highest BCUT2D eigenvalue weighted by atomic mass is 16.5. The fraction of sp³-hybridized carbons (Fsp3) is 0.273. The number of hydrogen-bond donors (Lipinski definition) is 2. The molecule has 3 aromatic rings. The summed E-state index contributed by atoms with van der Waals surface area (Å²) in [6, 6.07) is 23.2. The highest BCUT2D eigenvalue weighted by Crippen LogP contribution is 2.28. The SMILES string of the molecule is C[NH2+]CCC[NH2+]Cc1c(OCc2ccccc2)ccc2ccccc12. The number of hydrogen-bond acceptors (Lipinski definition) is 1. The summed E-state index contributed by atoms with van der Waals surface area (Å²) in [6.45, 7) is 3.89. The van der Waals surface area contributed by atoms with Gasteiger partial charge in [0.25, 0.3) is 0 Å². The van der Waals surface area contributed by atoms with Crippen LogP contribution in [0.3, 0.4) is 0 Å². The number of rotatable bonds is 9. The van der Waals surface area contributed by atoms with Gasteiger partial charge < -0.3 is 15.4 Å². The molecule has 0 saturated carbocycles. The van der Waals surface area contributed by atoms with Crippen LogP contribution in [0.15, 0.2) is 66.7 Å². The first-order chi connectivity index (χ1) is 12.4. The van der Waals surface area contributed by atoms with E-state index in [1.165, 1.54) is 34.9 Å². The quantitative estimate of drug-likeness (QED) is 0.577. The Balaban J connectivity index is 1.77. The Labute approximate surface area is 150 Å². The molecule has 0 aliphatic rings. The number of benzene rings is 3. The van der Waals surface area contributed by atoms with Crippen molar-refractivity contribution in [2.24, 2.45) is 0 Å². The Morgan fingerprint density at radius 3 is 2.48 bits per heavy atom. The van der Waals surface area contributed by atoms with E-state index in [9.17, 15) is 0 Å². The molecule has 0 atom stereocenters. The van der Waals surface area contributed by atoms with Crippen LogP contribution < -0.4 is 15.4 Å². The number of fused-ring (bicyclic) bond motifs is 1. The van der Waals surface area contributed by atoms with Crippen molar-refractivity contribution in [3.8, 4) is 5.75 Å². The second kappa shape index (κ2) is 9.21. The molecule has 0 aromatic heterocycles. The van der Waals surface area contributed by atoms with Gasteiger partial charge in [-0.15, -0.1) is 0 Å². The second-order valence-corrected chi connectivity index (χ2v) is 6.37. The van der Waals surface area contributed by atoms with E-state index in [1.807, 2.05) is 6.07 Å². The van der Waals surface area contributed by atoms with Crippen LogP contribution in [0.4, 0.5) is 0 Å². The molecule has 4 N–H and O–H groups in total. The maximum absolute atomic E-state index is 6.18. The molecule has 3 aromatic carbocycles. The lowest BCUT2D eigenvalue weighted by molar-refractivity contribution is -0.682. The van der Waals surface area contributed by atoms with Crippen LogP contribution in [0.2, 0.25) is 0 Å². The fourth-order valence-electron chi connectivity index (χ4n) is 3.11. The largest absolute Gasteiger partial charge is 0.488 e. The van der Waals surface area contributed by atoms with Crippen LogP contribution in [-0.4, -0.2) is 20.1 Å². The van der Waals surface area contributed by atoms with E-state index < -0.39 is 0 Å². The Morgan fingerprint density at radius 1 is 0.840 bits per heavy atom. The van der Waals surface area contributed by atoms with Crippen LogP contribution in [-0.2, 0) is 13.2 Å². The average molecular weight is 336 g/mol. The van der Waals surface area contributed by atoms with Crippen LogP contribution in [0.25, 0.3) is 10.8 Å². The van der Waals surface area contributed by atoms with Gasteiger partial charge >= 0.3 is 0 Å². The summed E-state index contributed by atoms with van der Waals surface area (Å²) in [5.41, 5.74) is 2.50. The van der Waals surface area contributed by atoms with Gasteiger partial charge in [-0.05, 0) is 22.4 Å². The molecule has 3 rings (SSSR count). The number of quaternary nitrogens is 2. The van der Waals surface area contributed by atoms with E-state index >= 15 is 0 Å². The first-order valence-corrected chi connectivity index (χ1v) is 9.15. The van der Waals surface area contributed by atoms with E-state index in [-0.39, 0.29) is 0 Å². The van der Waals surface area contributed by atoms with Gasteiger partial charge in [0.2, 0.25) is 0 Å². The van der Waals surface area contributed by atoms with E-state index in [0.717, 1.165) is 18.8 Å². The first kappa shape index (κ1) is 17.5. The van der Waals surface area contributed by atoms with Crippen molar-refractivity contribution < 1.29 is 15.4 Å². The van der Waals surface area contributed by atoms with Gasteiger partial charge in [-0.2, -0.15) is 0 Å². The third-order valence-electron chi connectivity index (χ3n) is 4.48. The zero-order valence-electron chi connectivity index (χ0n) is 14.9. The molecule has 0 unspecified atom stereocenters. The van der Waals surface area contributed by atoms with Crippen LogP contribution >= 0.6 is 0 Å². The maximum atomic E-state index is 6.18. The van der Waals surface area contributed by atoms with E-state index in [0.29, 0.717) is 6.61 Å². The van der Waals surface area contributed by atoms with E-state index in [4.69, 9.17) is 4.74 Å². The van der Waals surface area contributed by atoms with Gasteiger partial charge in [-0.25, -0.2) is 0 Å². The summed E-state index contributed by atoms with van der Waals surface area (Å²) in [4.78, 5) is 0. The molecule has 0 spiro atoms. The highest BCUT2D eigenvalue weighted by molar-refractivity contribution is 5.87. The standard InChI is InChI=1S/C22H26N2O/c1-23-14-7-15-24-16-21-20-11-6-5-10-19(20)12-13-22(21)25-17-18-8-3-2-4-9-18/h2-6,8-13,23-24H,7,14-17H2,1H3/p+2. The summed E-state index contributed by atoms with van der Waals surface area (Å²) >= 11 is 0. The molecule has 0 aliphatic heterocycles. The lowest BCUT2D eigenvalue weighted by Crippen LogP contribution is -2.85. The van der Waals surface area contributed by atoms with Gasteiger partial charge in [0, 0.05) is 6.42 Å². The number of ether oxygens (including phenoxy) is 1. The molecule has 0 saturated heterocycles. The smallest absolute Gasteiger partial charge is 0.129 e. The normalized spacial score (nSPS) is 10.9. The van der Waals surface area contributed by atoms with Crippen LogP contribution in [0.1, 0.15) is 17.5 Å². The molecule has 130 valence electrons. The third kappa shape index (κ3) is 4.81. The molecule has 0 bridgehead atoms. The summed E-state index contributed by atoms with van der Waals surface area (Å²) in [5.74, 6) is 1.00. The van der Waals surface area contributed by atoms with Crippen molar-refractivity contribution in [3.05, 3.63) is 77.9 Å². The van der Waals surface area contributed by atoms with E-state index in [1.54, 1.807) is 0 Å². The molecule has 0 heterocycles. The molecule has 3 heteroatoms. The Hall–Kier alpha value is -2.36. The van der Waals surface area contributed by atoms with Crippen molar-refractivity contribution in [2.75, 3.05) is 20.1 Å². The zero-order chi connectivity index (χ0) is 17.3. The minimum atomic E-state index is 0.608. The molecular weight excluding hydrogens is 308 g/mol. The Morgan fingerprint density at radius 2 is 1.64 bits per heavy atom. The van der Waals surface area contributed by atoms with Crippen molar-refractivity contribution in [1.82, 2.24) is 0 Å². The third-order valence-corrected chi connectivity index (χ3v) is 4.48. The monoisotopic (exact) mass is 336 g/mol. The predicted molar refractivity (Wildman–Crippen MR) is 103 cm³/mol. The molecular formula is C22H28N2O+2. The summed E-state index contributed by atoms with van der Waals surface area (Å²) in [7, 11) is 2.13. The van der Waals surface area contributed by atoms with Crippen LogP contribution in [0.5, 0.6) is 5.75 Å². The summed E-state index contributed by atoms with van der Waals surface area (Å²) in [6.07, 6.45) is 1.22. The van der Waals surface area contributed by atoms with Crippen molar-refractivity contribution in [3.63, 3.8) is 0 Å². The lowest BCUT2D eigenvalue weighted by atomic mass is 10.0. The molecule has 3 nitrogen and oxygen atoms in total. The topological polar surface area (TPSA) is 42.5 Å². The molecule has 0 aliphatic carbocycles. The van der Waals surface area contributed by atoms with Crippen molar-refractivity contribution in [2.45, 2.75) is 19.6 Å². The predicted octanol–water partition coefficient (Wildman–Crippen LogP) is 2.07. The maximum Gasteiger partial charge on any atom is 0.129 e. The molecule has 0 amide bonds. The summed E-state index contributed by atoms with van der Waals surface area (Å²) < 4.78 is 6.18. The van der Waals surface area contributed by atoms with Crippen molar-refractivity contribution >= 4 is 10.8 Å². The molecule has 0 radical (unpaired) electrons. The average Bonchev–Trinajstić information content (AvgIpc) is 2.67. The van der Waals surface area contributed by atoms with Gasteiger partial charge in [0.15, 0.2) is 0 Å². The van der Waals surface area contributed by atoms with Crippen LogP contribution in [0, 0.1) is 0 Å². The Bertz CT molecular complexity index is 786. The van der Waals surface area contributed by atoms with Crippen molar-refractivity contribution in [1.29, 1.82) is 0 Å². The van der Waals surface area contributed by atoms with Gasteiger partial charge in [-0.3, -0.25) is 0 Å². The van der Waals surface area contributed by atoms with Gasteiger partial charge in [0.05, 0.1) is 25.7 Å².